The molecule has 0 saturated heterocycles. The Morgan fingerprint density at radius 1 is 0.588 bits per heavy atom. The van der Waals surface area contributed by atoms with Gasteiger partial charge in [0.2, 0.25) is 0 Å². The van der Waals surface area contributed by atoms with Crippen molar-refractivity contribution in [3.63, 3.8) is 0 Å². The van der Waals surface area contributed by atoms with Gasteiger partial charge in [-0.3, -0.25) is 0 Å². The second-order valence-corrected chi connectivity index (χ2v) is 3.87. The van der Waals surface area contributed by atoms with Gasteiger partial charge in [-0.25, -0.2) is 0 Å². The molecule has 4 unspecified atom stereocenters. The van der Waals surface area contributed by atoms with Crippen molar-refractivity contribution in [3.05, 3.63) is 14.9 Å². The van der Waals surface area contributed by atoms with E-state index in [1.54, 1.807) is 27.7 Å². The molecule has 4 N–H and O–H groups in total. The summed E-state index contributed by atoms with van der Waals surface area (Å²) < 4.78 is 0. The topological polar surface area (TPSA) is 80.9 Å². The zero-order valence-corrected chi connectivity index (χ0v) is 13.6. The van der Waals surface area contributed by atoms with Crippen LogP contribution >= 0.6 is 0 Å². The first-order chi connectivity index (χ1) is 6.25. The van der Waals surface area contributed by atoms with Crippen LogP contribution in [0.4, 0.5) is 0 Å². The zero-order chi connectivity index (χ0) is 11.7. The van der Waals surface area contributed by atoms with Gasteiger partial charge in [0.1, 0.15) is 0 Å². The second-order valence-electron chi connectivity index (χ2n) is 3.87. The number of hydrogen-bond donors (Lipinski definition) is 4. The summed E-state index contributed by atoms with van der Waals surface area (Å²) in [5.41, 5.74) is 0. The van der Waals surface area contributed by atoms with Crippen LogP contribution in [-0.2, 0) is 21.7 Å². The fraction of sp³-hybridized carbons (Fsp3) is 0.833. The molecule has 5 heteroatoms. The van der Waals surface area contributed by atoms with Gasteiger partial charge in [-0.05, 0) is 40.5 Å². The van der Waals surface area contributed by atoms with Gasteiger partial charge in [0.05, 0.1) is 24.4 Å². The minimum Gasteiger partial charge on any atom is -0.393 e. The van der Waals surface area contributed by atoms with Crippen LogP contribution in [0.25, 0.3) is 0 Å². The predicted molar refractivity (Wildman–Crippen MR) is 68.8 cm³/mol. The Morgan fingerprint density at radius 3 is 0.706 bits per heavy atom. The first-order valence-corrected chi connectivity index (χ1v) is 4.98. The minimum absolute atomic E-state index is 0. The van der Waals surface area contributed by atoms with Gasteiger partial charge in [0.25, 0.3) is 0 Å². The van der Waals surface area contributed by atoms with Crippen LogP contribution in [0.2, 0.25) is 0 Å². The molecular weight excluding hydrogens is 256 g/mol. The van der Waals surface area contributed by atoms with Crippen molar-refractivity contribution in [1.29, 1.82) is 0 Å². The molecule has 0 aliphatic heterocycles. The van der Waals surface area contributed by atoms with Gasteiger partial charge in [-0.15, -0.1) is 0 Å². The van der Waals surface area contributed by atoms with Gasteiger partial charge < -0.3 is 35.3 Å². The van der Waals surface area contributed by atoms with Crippen molar-refractivity contribution < 1.29 is 42.1 Å². The van der Waals surface area contributed by atoms with Crippen LogP contribution in [0, 0.1) is 14.9 Å². The van der Waals surface area contributed by atoms with Crippen LogP contribution in [0.5, 0.6) is 0 Å². The Bertz CT molecular complexity index is 91.1. The number of aliphatic hydroxyl groups is 4. The van der Waals surface area contributed by atoms with Gasteiger partial charge in [0.15, 0.2) is 0 Å². The molecule has 0 amide bonds. The Hall–Kier alpha value is 0.554. The van der Waals surface area contributed by atoms with E-state index in [0.29, 0.717) is 12.8 Å². The summed E-state index contributed by atoms with van der Waals surface area (Å²) in [5.74, 6) is 0. The van der Waals surface area contributed by atoms with Crippen molar-refractivity contribution >= 4 is 0 Å². The minimum atomic E-state index is -0.375. The Balaban J connectivity index is -0.0000000480. The molecule has 0 fully saturated rings. The van der Waals surface area contributed by atoms with Crippen molar-refractivity contribution in [2.24, 2.45) is 0 Å². The third-order valence-corrected chi connectivity index (χ3v) is 1.36. The van der Waals surface area contributed by atoms with Gasteiger partial charge in [-0.2, -0.15) is 0 Å². The number of aliphatic hydroxyl groups excluding tert-OH is 4. The molecule has 106 valence electrons. The quantitative estimate of drug-likeness (QED) is 0.462. The van der Waals surface area contributed by atoms with E-state index >= 15 is 0 Å². The largest absolute Gasteiger partial charge is 2.00 e. The summed E-state index contributed by atoms with van der Waals surface area (Å²) in [5, 5.41) is 34.3. The van der Waals surface area contributed by atoms with Gasteiger partial charge >= 0.3 is 21.7 Å². The maximum absolute atomic E-state index is 8.56. The van der Waals surface area contributed by atoms with Crippen LogP contribution in [0.1, 0.15) is 40.5 Å². The maximum Gasteiger partial charge on any atom is 2.00 e. The first kappa shape index (κ1) is 30.5. The van der Waals surface area contributed by atoms with Crippen molar-refractivity contribution in [1.82, 2.24) is 0 Å². The Morgan fingerprint density at radius 2 is 0.706 bits per heavy atom. The number of hydrogen-bond acceptors (Lipinski definition) is 4. The third-order valence-electron chi connectivity index (χ3n) is 1.36. The van der Waals surface area contributed by atoms with E-state index in [2.05, 4.69) is 0 Å². The third kappa shape index (κ3) is 47.9. The normalized spacial score (nSPS) is 15.5. The monoisotopic (exact) mass is 286 g/mol. The Kier molecular flexibility index (Phi) is 33.9. The van der Waals surface area contributed by atoms with E-state index in [0.717, 1.165) is 0 Å². The summed E-state index contributed by atoms with van der Waals surface area (Å²) in [4.78, 5) is 0. The second kappa shape index (κ2) is 18.9. The molecule has 0 aromatic rings. The summed E-state index contributed by atoms with van der Waals surface area (Å²) >= 11 is 0. The van der Waals surface area contributed by atoms with Crippen LogP contribution in [0.3, 0.4) is 0 Å². The molecule has 0 rings (SSSR count). The van der Waals surface area contributed by atoms with E-state index in [4.69, 9.17) is 20.4 Å². The van der Waals surface area contributed by atoms with E-state index in [-0.39, 0.29) is 61.0 Å². The van der Waals surface area contributed by atoms with Crippen molar-refractivity contribution in [2.75, 3.05) is 0 Å². The molecule has 0 bridgehead atoms. The predicted octanol–water partition coefficient (Wildman–Crippen LogP) is 1.17. The van der Waals surface area contributed by atoms with Crippen LogP contribution in [-0.4, -0.2) is 44.8 Å². The average molecular weight is 286 g/mol. The smallest absolute Gasteiger partial charge is 0.393 e. The van der Waals surface area contributed by atoms with Gasteiger partial charge in [-0.1, -0.05) is 0 Å². The molecule has 17 heavy (non-hydrogen) atoms. The Labute approximate surface area is 122 Å². The van der Waals surface area contributed by atoms with Crippen LogP contribution in [0.15, 0.2) is 0 Å². The molecular formula is C12H30O4Ti. The number of rotatable bonds is 4. The van der Waals surface area contributed by atoms with E-state index in [1.165, 1.54) is 0 Å². The molecule has 4 atom stereocenters. The zero-order valence-electron chi connectivity index (χ0n) is 12.0. The van der Waals surface area contributed by atoms with E-state index in [1.807, 2.05) is 0 Å². The summed E-state index contributed by atoms with van der Waals surface area (Å²) in [6.45, 7) is 6.64. The molecule has 0 radical (unpaired) electrons. The molecule has 0 heterocycles. The molecule has 0 spiro atoms. The van der Waals surface area contributed by atoms with E-state index < -0.39 is 0 Å². The average Bonchev–Trinajstić information content (AvgIpc) is 1.79. The fourth-order valence-electron chi connectivity index (χ4n) is 0.987. The van der Waals surface area contributed by atoms with Gasteiger partial charge in [0, 0.05) is 0 Å². The molecule has 0 aromatic heterocycles. The van der Waals surface area contributed by atoms with Crippen molar-refractivity contribution in [2.45, 2.75) is 65.0 Å². The maximum atomic E-state index is 8.56. The summed E-state index contributed by atoms with van der Waals surface area (Å²) in [6.07, 6.45) is -0.556. The SMILES string of the molecule is CC(O)CC(C)O.CC(O)CC(C)O.[CH3-].[CH3-].[Ti+2]. The molecule has 0 aliphatic carbocycles. The van der Waals surface area contributed by atoms with Crippen molar-refractivity contribution in [3.8, 4) is 0 Å². The first-order valence-electron chi connectivity index (χ1n) is 4.98. The van der Waals surface area contributed by atoms with E-state index in [9.17, 15) is 0 Å². The molecule has 0 aliphatic rings. The summed E-state index contributed by atoms with van der Waals surface area (Å²) in [7, 11) is 0. The molecule has 0 aromatic carbocycles. The van der Waals surface area contributed by atoms with Crippen LogP contribution < -0.4 is 0 Å². The fourth-order valence-corrected chi connectivity index (χ4v) is 0.987. The standard InChI is InChI=1S/2C5H12O2.2CH3.Ti/c2*1-4(6)3-5(2)7;;;/h2*4-7H,3H2,1-2H3;2*1H3;/q;;2*-1;+2. The summed E-state index contributed by atoms with van der Waals surface area (Å²) in [6, 6.07) is 0. The molecule has 4 nitrogen and oxygen atoms in total. The molecule has 0 saturated carbocycles.